The number of ether oxygens (including phenoxy) is 1. The van der Waals surface area contributed by atoms with Gasteiger partial charge in [-0.25, -0.2) is 0 Å². The molecule has 0 aliphatic carbocycles. The van der Waals surface area contributed by atoms with Crippen molar-refractivity contribution in [1.29, 1.82) is 5.26 Å². The SMILES string of the molecule is CCC(Nc1ccc(OCC#N)cc1)c1ccc(Cl)cc1. The van der Waals surface area contributed by atoms with Crippen molar-refractivity contribution in [2.75, 3.05) is 11.9 Å². The van der Waals surface area contributed by atoms with Crippen molar-refractivity contribution in [1.82, 2.24) is 0 Å². The van der Waals surface area contributed by atoms with Crippen LogP contribution in [0.1, 0.15) is 24.9 Å². The monoisotopic (exact) mass is 300 g/mol. The molecule has 1 unspecified atom stereocenters. The summed E-state index contributed by atoms with van der Waals surface area (Å²) >= 11 is 5.92. The average Bonchev–Trinajstić information content (AvgIpc) is 2.53. The lowest BCUT2D eigenvalue weighted by atomic mass is 10.0. The van der Waals surface area contributed by atoms with E-state index in [0.717, 1.165) is 17.1 Å². The zero-order valence-electron chi connectivity index (χ0n) is 11.8. The van der Waals surface area contributed by atoms with Crippen LogP contribution >= 0.6 is 11.6 Å². The van der Waals surface area contributed by atoms with Crippen molar-refractivity contribution < 1.29 is 4.74 Å². The van der Waals surface area contributed by atoms with Crippen LogP contribution in [0.4, 0.5) is 5.69 Å². The Bertz CT molecular complexity index is 602. The highest BCUT2D eigenvalue weighted by molar-refractivity contribution is 6.30. The van der Waals surface area contributed by atoms with Gasteiger partial charge in [0.2, 0.25) is 0 Å². The number of hydrogen-bond acceptors (Lipinski definition) is 3. The fourth-order valence-electron chi connectivity index (χ4n) is 2.08. The molecule has 0 aliphatic rings. The van der Waals surface area contributed by atoms with Crippen LogP contribution in [0.2, 0.25) is 5.02 Å². The van der Waals surface area contributed by atoms with Crippen LogP contribution in [-0.2, 0) is 0 Å². The predicted octanol–water partition coefficient (Wildman–Crippen LogP) is 4.81. The fourth-order valence-corrected chi connectivity index (χ4v) is 2.21. The Morgan fingerprint density at radius 3 is 2.38 bits per heavy atom. The van der Waals surface area contributed by atoms with Crippen LogP contribution in [0.25, 0.3) is 0 Å². The van der Waals surface area contributed by atoms with Gasteiger partial charge in [-0.1, -0.05) is 30.7 Å². The fraction of sp³-hybridized carbons (Fsp3) is 0.235. The number of nitrogens with zero attached hydrogens (tertiary/aromatic N) is 1. The molecule has 108 valence electrons. The Hall–Kier alpha value is -2.18. The molecule has 0 bridgehead atoms. The summed E-state index contributed by atoms with van der Waals surface area (Å²) in [5, 5.41) is 12.7. The molecule has 21 heavy (non-hydrogen) atoms. The van der Waals surface area contributed by atoms with E-state index in [4.69, 9.17) is 21.6 Å². The van der Waals surface area contributed by atoms with Crippen molar-refractivity contribution in [2.24, 2.45) is 0 Å². The molecule has 0 aliphatic heterocycles. The quantitative estimate of drug-likeness (QED) is 0.833. The van der Waals surface area contributed by atoms with E-state index in [-0.39, 0.29) is 12.6 Å². The van der Waals surface area contributed by atoms with Crippen LogP contribution in [0.3, 0.4) is 0 Å². The van der Waals surface area contributed by atoms with Crippen molar-refractivity contribution in [2.45, 2.75) is 19.4 Å². The third kappa shape index (κ3) is 4.40. The summed E-state index contributed by atoms with van der Waals surface area (Å²) < 4.78 is 5.24. The van der Waals surface area contributed by atoms with Gasteiger partial charge in [-0.15, -0.1) is 0 Å². The summed E-state index contributed by atoms with van der Waals surface area (Å²) in [6.45, 7) is 2.20. The van der Waals surface area contributed by atoms with E-state index in [0.29, 0.717) is 5.75 Å². The Labute approximate surface area is 130 Å². The van der Waals surface area contributed by atoms with E-state index in [1.54, 1.807) is 0 Å². The van der Waals surface area contributed by atoms with Crippen LogP contribution in [0, 0.1) is 11.3 Å². The van der Waals surface area contributed by atoms with E-state index in [1.165, 1.54) is 5.56 Å². The summed E-state index contributed by atoms with van der Waals surface area (Å²) in [5.74, 6) is 0.696. The summed E-state index contributed by atoms with van der Waals surface area (Å²) in [7, 11) is 0. The molecule has 2 aromatic rings. The molecule has 0 aromatic heterocycles. The second kappa shape index (κ2) is 7.56. The van der Waals surface area contributed by atoms with Gasteiger partial charge >= 0.3 is 0 Å². The number of rotatable bonds is 6. The first kappa shape index (κ1) is 15.2. The van der Waals surface area contributed by atoms with Crippen molar-refractivity contribution >= 4 is 17.3 Å². The minimum atomic E-state index is 0.0646. The summed E-state index contributed by atoms with van der Waals surface area (Å²) in [4.78, 5) is 0. The van der Waals surface area contributed by atoms with E-state index in [9.17, 15) is 0 Å². The molecular weight excluding hydrogens is 284 g/mol. The standard InChI is InChI=1S/C17H17ClN2O/c1-2-17(13-3-5-14(18)6-4-13)20-15-7-9-16(10-8-15)21-12-11-19/h3-10,17,20H,2,12H2,1H3. The number of nitrogens with one attached hydrogen (secondary N) is 1. The number of anilines is 1. The van der Waals surface area contributed by atoms with Gasteiger partial charge in [0.15, 0.2) is 6.61 Å². The molecule has 0 spiro atoms. The zero-order valence-corrected chi connectivity index (χ0v) is 12.6. The molecule has 0 heterocycles. The van der Waals surface area contributed by atoms with E-state index < -0.39 is 0 Å². The van der Waals surface area contributed by atoms with Crippen LogP contribution in [0.15, 0.2) is 48.5 Å². The maximum Gasteiger partial charge on any atom is 0.174 e. The third-order valence-corrected chi connectivity index (χ3v) is 3.43. The maximum atomic E-state index is 8.48. The molecule has 4 heteroatoms. The molecular formula is C17H17ClN2O. The minimum Gasteiger partial charge on any atom is -0.479 e. The zero-order chi connectivity index (χ0) is 15.1. The Kier molecular flexibility index (Phi) is 5.48. The first-order valence-electron chi connectivity index (χ1n) is 6.84. The lowest BCUT2D eigenvalue weighted by Crippen LogP contribution is -2.09. The minimum absolute atomic E-state index is 0.0646. The lowest BCUT2D eigenvalue weighted by molar-refractivity contribution is 0.368. The summed E-state index contributed by atoms with van der Waals surface area (Å²) in [6.07, 6.45) is 0.967. The number of hydrogen-bond donors (Lipinski definition) is 1. The predicted molar refractivity (Wildman–Crippen MR) is 85.7 cm³/mol. The highest BCUT2D eigenvalue weighted by Gasteiger charge is 2.09. The molecule has 0 amide bonds. The Balaban J connectivity index is 2.04. The molecule has 0 radical (unpaired) electrons. The highest BCUT2D eigenvalue weighted by atomic mass is 35.5. The van der Waals surface area contributed by atoms with Gasteiger partial charge in [0.25, 0.3) is 0 Å². The number of nitriles is 1. The van der Waals surface area contributed by atoms with E-state index >= 15 is 0 Å². The first-order chi connectivity index (χ1) is 10.2. The first-order valence-corrected chi connectivity index (χ1v) is 7.22. The summed E-state index contributed by atoms with van der Waals surface area (Å²) in [5.41, 5.74) is 2.22. The summed E-state index contributed by atoms with van der Waals surface area (Å²) in [6, 6.07) is 17.7. The normalized spacial score (nSPS) is 11.5. The van der Waals surface area contributed by atoms with Crippen molar-refractivity contribution in [3.63, 3.8) is 0 Å². The molecule has 0 fully saturated rings. The van der Waals surface area contributed by atoms with Gasteiger partial charge in [0.1, 0.15) is 11.8 Å². The molecule has 0 saturated carbocycles. The van der Waals surface area contributed by atoms with Crippen molar-refractivity contribution in [3.05, 3.63) is 59.1 Å². The lowest BCUT2D eigenvalue weighted by Gasteiger charge is -2.19. The molecule has 3 nitrogen and oxygen atoms in total. The molecule has 2 rings (SSSR count). The van der Waals surface area contributed by atoms with E-state index in [1.807, 2.05) is 54.6 Å². The highest BCUT2D eigenvalue weighted by Crippen LogP contribution is 2.25. The van der Waals surface area contributed by atoms with Gasteiger partial charge < -0.3 is 10.1 Å². The second-order valence-corrected chi connectivity index (χ2v) is 5.06. The molecule has 1 atom stereocenters. The van der Waals surface area contributed by atoms with Gasteiger partial charge in [-0.3, -0.25) is 0 Å². The van der Waals surface area contributed by atoms with Gasteiger partial charge in [0, 0.05) is 10.7 Å². The Morgan fingerprint density at radius 2 is 1.81 bits per heavy atom. The maximum absolute atomic E-state index is 8.48. The van der Waals surface area contributed by atoms with E-state index in [2.05, 4.69) is 12.2 Å². The number of halogens is 1. The number of benzene rings is 2. The second-order valence-electron chi connectivity index (χ2n) is 4.63. The smallest absolute Gasteiger partial charge is 0.174 e. The van der Waals surface area contributed by atoms with Gasteiger partial charge in [-0.05, 0) is 48.4 Å². The molecule has 0 saturated heterocycles. The van der Waals surface area contributed by atoms with Gasteiger partial charge in [0.05, 0.1) is 6.04 Å². The molecule has 2 aromatic carbocycles. The van der Waals surface area contributed by atoms with Crippen LogP contribution in [0.5, 0.6) is 5.75 Å². The van der Waals surface area contributed by atoms with Crippen LogP contribution < -0.4 is 10.1 Å². The topological polar surface area (TPSA) is 45.0 Å². The van der Waals surface area contributed by atoms with Crippen molar-refractivity contribution in [3.8, 4) is 11.8 Å². The van der Waals surface area contributed by atoms with Crippen LogP contribution in [-0.4, -0.2) is 6.61 Å². The largest absolute Gasteiger partial charge is 0.479 e. The average molecular weight is 301 g/mol. The van der Waals surface area contributed by atoms with Gasteiger partial charge in [-0.2, -0.15) is 5.26 Å². The third-order valence-electron chi connectivity index (χ3n) is 3.18. The Morgan fingerprint density at radius 1 is 1.14 bits per heavy atom. The molecule has 1 N–H and O–H groups in total.